The second kappa shape index (κ2) is 6.89. The number of hydrogen-bond acceptors (Lipinski definition) is 6. The van der Waals surface area contributed by atoms with Gasteiger partial charge in [-0.2, -0.15) is 0 Å². The van der Waals surface area contributed by atoms with Gasteiger partial charge in [0.1, 0.15) is 18.0 Å². The van der Waals surface area contributed by atoms with Crippen LogP contribution in [0.3, 0.4) is 0 Å². The predicted octanol–water partition coefficient (Wildman–Crippen LogP) is 2.80. The largest absolute Gasteiger partial charge is 0.331 e. The molecule has 0 aromatic carbocycles. The molecule has 2 aromatic rings. The molecule has 0 bridgehead atoms. The number of allylic oxidation sites excluding steroid dienone is 2. The first-order chi connectivity index (χ1) is 14.0. The molecule has 1 amide bonds. The van der Waals surface area contributed by atoms with Crippen molar-refractivity contribution in [3.8, 4) is 0 Å². The van der Waals surface area contributed by atoms with Crippen molar-refractivity contribution in [2.24, 2.45) is 0 Å². The van der Waals surface area contributed by atoms with Gasteiger partial charge in [-0.3, -0.25) is 15.1 Å². The standard InChI is InChI=1S/C19H18F2N6OS/c1-10-2-3-11-7-27(25-15(11)14(10)21)17(18(28)24-19-22-4-5-29-19)16-13-6-12(20)8-26(13)9-23-16/h2-5,7,9,12,15,17,25H,6,8H2,1H3,(H,22,24,28). The third kappa shape index (κ3) is 3.08. The molecule has 0 saturated carbocycles. The summed E-state index contributed by atoms with van der Waals surface area (Å²) in [5.41, 5.74) is 5.43. The Bertz CT molecular complexity index is 1060. The van der Waals surface area contributed by atoms with Crippen LogP contribution in [-0.2, 0) is 17.8 Å². The van der Waals surface area contributed by atoms with Gasteiger partial charge in [0.25, 0.3) is 5.91 Å². The number of nitrogens with one attached hydrogen (secondary N) is 2. The van der Waals surface area contributed by atoms with E-state index in [0.717, 1.165) is 0 Å². The first-order valence-electron chi connectivity index (χ1n) is 9.20. The number of hydrogen-bond donors (Lipinski definition) is 2. The zero-order valence-electron chi connectivity index (χ0n) is 15.5. The van der Waals surface area contributed by atoms with Crippen LogP contribution in [0, 0.1) is 0 Å². The lowest BCUT2D eigenvalue weighted by atomic mass is 9.99. The summed E-state index contributed by atoms with van der Waals surface area (Å²) in [7, 11) is 0. The maximum Gasteiger partial charge on any atom is 0.256 e. The molecule has 29 heavy (non-hydrogen) atoms. The average Bonchev–Trinajstić information content (AvgIpc) is 3.45. The molecule has 1 aliphatic carbocycles. The molecule has 3 atom stereocenters. The predicted molar refractivity (Wildman–Crippen MR) is 104 cm³/mol. The molecule has 4 heterocycles. The number of thiazole rings is 1. The fraction of sp³-hybridized carbons (Fsp3) is 0.316. The van der Waals surface area contributed by atoms with E-state index in [0.29, 0.717) is 27.7 Å². The summed E-state index contributed by atoms with van der Waals surface area (Å²) in [4.78, 5) is 21.7. The lowest BCUT2D eigenvalue weighted by molar-refractivity contribution is -0.121. The molecule has 10 heteroatoms. The maximum atomic E-state index is 14.6. The van der Waals surface area contributed by atoms with E-state index in [2.05, 4.69) is 20.7 Å². The Balaban J connectivity index is 1.51. The number of fused-ring (bicyclic) bond motifs is 2. The number of rotatable bonds is 4. The highest BCUT2D eigenvalue weighted by atomic mass is 32.1. The molecule has 0 spiro atoms. The summed E-state index contributed by atoms with van der Waals surface area (Å²) in [6, 6.07) is -1.56. The summed E-state index contributed by atoms with van der Waals surface area (Å²) in [6.45, 7) is 1.92. The highest BCUT2D eigenvalue weighted by Gasteiger charge is 2.40. The smallest absolute Gasteiger partial charge is 0.256 e. The third-order valence-corrected chi connectivity index (χ3v) is 5.98. The molecular formula is C19H18F2N6OS. The number of amides is 1. The molecule has 2 aliphatic heterocycles. The topological polar surface area (TPSA) is 75.1 Å². The van der Waals surface area contributed by atoms with E-state index in [9.17, 15) is 13.6 Å². The van der Waals surface area contributed by atoms with Crippen molar-refractivity contribution in [1.29, 1.82) is 0 Å². The first kappa shape index (κ1) is 18.2. The lowest BCUT2D eigenvalue weighted by Crippen LogP contribution is -2.44. The number of halogens is 2. The highest BCUT2D eigenvalue weighted by molar-refractivity contribution is 7.13. The van der Waals surface area contributed by atoms with Gasteiger partial charge in [0.2, 0.25) is 0 Å². The Kier molecular flexibility index (Phi) is 4.32. The van der Waals surface area contributed by atoms with Gasteiger partial charge in [0, 0.05) is 29.9 Å². The van der Waals surface area contributed by atoms with E-state index in [-0.39, 0.29) is 24.7 Å². The molecule has 5 rings (SSSR count). The van der Waals surface area contributed by atoms with Gasteiger partial charge in [-0.25, -0.2) is 24.2 Å². The molecule has 0 saturated heterocycles. The van der Waals surface area contributed by atoms with Crippen LogP contribution in [-0.4, -0.2) is 37.7 Å². The van der Waals surface area contributed by atoms with E-state index in [1.165, 1.54) is 11.3 Å². The summed E-state index contributed by atoms with van der Waals surface area (Å²) in [5, 5.41) is 6.54. The van der Waals surface area contributed by atoms with Crippen LogP contribution in [0.25, 0.3) is 0 Å². The normalized spacial score (nSPS) is 23.8. The van der Waals surface area contributed by atoms with Crippen LogP contribution in [0.1, 0.15) is 24.4 Å². The fourth-order valence-corrected chi connectivity index (χ4v) is 4.41. The van der Waals surface area contributed by atoms with Crippen molar-refractivity contribution in [2.75, 3.05) is 5.32 Å². The minimum absolute atomic E-state index is 0.192. The second-order valence-electron chi connectivity index (χ2n) is 7.22. The number of aromatic nitrogens is 3. The van der Waals surface area contributed by atoms with E-state index in [4.69, 9.17) is 0 Å². The molecule has 0 fully saturated rings. The van der Waals surface area contributed by atoms with Crippen LogP contribution in [0.4, 0.5) is 13.9 Å². The van der Waals surface area contributed by atoms with E-state index in [1.54, 1.807) is 46.7 Å². The van der Waals surface area contributed by atoms with Crippen LogP contribution >= 0.6 is 11.3 Å². The molecular weight excluding hydrogens is 398 g/mol. The fourth-order valence-electron chi connectivity index (χ4n) is 3.88. The van der Waals surface area contributed by atoms with Gasteiger partial charge in [-0.15, -0.1) is 11.3 Å². The SMILES string of the molecule is CC1=C(F)C2NN(C(C(=O)Nc3nccs3)c3ncn4c3CC(F)C4)C=C2C=C1. The summed E-state index contributed by atoms with van der Waals surface area (Å²) < 4.78 is 30.3. The number of anilines is 1. The van der Waals surface area contributed by atoms with Crippen LogP contribution in [0.2, 0.25) is 0 Å². The lowest BCUT2D eigenvalue weighted by Gasteiger charge is -2.28. The molecule has 2 aromatic heterocycles. The summed E-state index contributed by atoms with van der Waals surface area (Å²) >= 11 is 1.29. The van der Waals surface area contributed by atoms with Crippen molar-refractivity contribution in [3.05, 3.63) is 64.6 Å². The average molecular weight is 416 g/mol. The molecule has 0 radical (unpaired) electrons. The number of alkyl halides is 1. The molecule has 7 nitrogen and oxygen atoms in total. The van der Waals surface area contributed by atoms with Crippen molar-refractivity contribution in [3.63, 3.8) is 0 Å². The number of hydrazine groups is 1. The van der Waals surface area contributed by atoms with E-state index >= 15 is 0 Å². The maximum absolute atomic E-state index is 14.6. The van der Waals surface area contributed by atoms with Crippen LogP contribution < -0.4 is 10.7 Å². The highest BCUT2D eigenvalue weighted by Crippen LogP contribution is 2.35. The van der Waals surface area contributed by atoms with Crippen LogP contribution in [0.15, 0.2) is 53.2 Å². The zero-order valence-corrected chi connectivity index (χ0v) is 16.3. The molecule has 2 N–H and O–H groups in total. The Morgan fingerprint density at radius 1 is 1.41 bits per heavy atom. The number of nitrogens with zero attached hydrogens (tertiary/aromatic N) is 4. The molecule has 3 unspecified atom stereocenters. The van der Waals surface area contributed by atoms with Gasteiger partial charge in [0.05, 0.1) is 18.6 Å². The second-order valence-corrected chi connectivity index (χ2v) is 8.12. The van der Waals surface area contributed by atoms with Crippen molar-refractivity contribution >= 4 is 22.4 Å². The zero-order chi connectivity index (χ0) is 20.1. The Labute approximate surface area is 169 Å². The van der Waals surface area contributed by atoms with Gasteiger partial charge < -0.3 is 4.57 Å². The monoisotopic (exact) mass is 416 g/mol. The van der Waals surface area contributed by atoms with Gasteiger partial charge in [-0.05, 0) is 18.1 Å². The van der Waals surface area contributed by atoms with Crippen molar-refractivity contribution in [2.45, 2.75) is 38.1 Å². The van der Waals surface area contributed by atoms with Crippen LogP contribution in [0.5, 0.6) is 0 Å². The number of carbonyl (C=O) groups is 1. The Hall–Kier alpha value is -2.85. The van der Waals surface area contributed by atoms with Gasteiger partial charge >= 0.3 is 0 Å². The minimum Gasteiger partial charge on any atom is -0.331 e. The quantitative estimate of drug-likeness (QED) is 0.802. The van der Waals surface area contributed by atoms with Gasteiger partial charge in [0.15, 0.2) is 11.2 Å². The first-order valence-corrected chi connectivity index (χ1v) is 10.1. The third-order valence-electron chi connectivity index (χ3n) is 5.29. The number of carbonyl (C=O) groups excluding carboxylic acids is 1. The van der Waals surface area contributed by atoms with E-state index < -0.39 is 18.3 Å². The Morgan fingerprint density at radius 3 is 3.07 bits per heavy atom. The molecule has 150 valence electrons. The summed E-state index contributed by atoms with van der Waals surface area (Å²) in [6.07, 6.45) is 7.55. The minimum atomic E-state index is -1.01. The van der Waals surface area contributed by atoms with Crippen molar-refractivity contribution in [1.82, 2.24) is 25.0 Å². The van der Waals surface area contributed by atoms with E-state index in [1.807, 2.05) is 6.08 Å². The summed E-state index contributed by atoms with van der Waals surface area (Å²) in [5.74, 6) is -0.670. The van der Waals surface area contributed by atoms with Crippen molar-refractivity contribution < 1.29 is 13.6 Å². The van der Waals surface area contributed by atoms with Gasteiger partial charge in [-0.1, -0.05) is 12.2 Å². The Morgan fingerprint density at radius 2 is 2.28 bits per heavy atom. The molecule has 3 aliphatic rings. The number of imidazole rings is 1.